The van der Waals surface area contributed by atoms with E-state index in [1.807, 2.05) is 17.1 Å². The molecule has 2 rings (SSSR count). The first-order valence-corrected chi connectivity index (χ1v) is 4.32. The van der Waals surface area contributed by atoms with Crippen molar-refractivity contribution in [1.29, 1.82) is 0 Å². The molecule has 0 saturated heterocycles. The quantitative estimate of drug-likeness (QED) is 0.646. The number of imidazole rings is 1. The van der Waals surface area contributed by atoms with Crippen LogP contribution in [0.3, 0.4) is 0 Å². The summed E-state index contributed by atoms with van der Waals surface area (Å²) in [6.45, 7) is 4.21. The Morgan fingerprint density at radius 3 is 2.31 bits per heavy atom. The molecule has 1 heterocycles. The Morgan fingerprint density at radius 2 is 1.77 bits per heavy atom. The molecule has 0 spiro atoms. The zero-order valence-electron chi connectivity index (χ0n) is 7.86. The van der Waals surface area contributed by atoms with Gasteiger partial charge in [0, 0.05) is 18.1 Å². The van der Waals surface area contributed by atoms with Crippen molar-refractivity contribution in [2.75, 3.05) is 0 Å². The van der Waals surface area contributed by atoms with E-state index in [0.29, 0.717) is 0 Å². The minimum Gasteiger partial charge on any atom is -0.306 e. The minimum atomic E-state index is 1.18. The molecule has 1 aromatic carbocycles. The van der Waals surface area contributed by atoms with Gasteiger partial charge in [0.05, 0.1) is 6.33 Å². The number of nitrogens with zero attached hydrogens (tertiary/aromatic N) is 2. The number of hydrogen-bond donors (Lipinski definition) is 0. The fourth-order valence-electron chi connectivity index (χ4n) is 1.51. The normalized spacial score (nSPS) is 10.3. The van der Waals surface area contributed by atoms with E-state index in [1.54, 1.807) is 6.20 Å². The molecule has 1 aromatic heterocycles. The van der Waals surface area contributed by atoms with Gasteiger partial charge in [-0.1, -0.05) is 6.07 Å². The smallest absolute Gasteiger partial charge is 0.0991 e. The fraction of sp³-hybridized carbons (Fsp3) is 0.182. The Balaban J connectivity index is 2.53. The van der Waals surface area contributed by atoms with Gasteiger partial charge in [-0.15, -0.1) is 0 Å². The van der Waals surface area contributed by atoms with Crippen molar-refractivity contribution in [3.05, 3.63) is 48.0 Å². The number of aromatic nitrogens is 2. The van der Waals surface area contributed by atoms with E-state index in [2.05, 4.69) is 37.0 Å². The summed E-state index contributed by atoms with van der Waals surface area (Å²) in [5.41, 5.74) is 3.74. The average Bonchev–Trinajstić information content (AvgIpc) is 2.53. The Bertz CT molecular complexity index is 382. The molecule has 0 saturated carbocycles. The lowest BCUT2D eigenvalue weighted by molar-refractivity contribution is 1.05. The van der Waals surface area contributed by atoms with Gasteiger partial charge in [-0.3, -0.25) is 0 Å². The molecule has 0 aliphatic heterocycles. The number of hydrogen-bond acceptors (Lipinski definition) is 1. The Hall–Kier alpha value is -1.57. The second kappa shape index (κ2) is 3.05. The van der Waals surface area contributed by atoms with Crippen LogP contribution in [0.1, 0.15) is 11.1 Å². The third-order valence-corrected chi connectivity index (χ3v) is 2.01. The second-order valence-corrected chi connectivity index (χ2v) is 3.32. The molecule has 0 fully saturated rings. The van der Waals surface area contributed by atoms with Crippen molar-refractivity contribution in [3.63, 3.8) is 0 Å². The molecule has 0 aliphatic rings. The van der Waals surface area contributed by atoms with Gasteiger partial charge < -0.3 is 4.57 Å². The predicted octanol–water partition coefficient (Wildman–Crippen LogP) is 2.49. The van der Waals surface area contributed by atoms with Crippen LogP contribution in [0.2, 0.25) is 0 Å². The highest BCUT2D eigenvalue weighted by Gasteiger charge is 1.96. The van der Waals surface area contributed by atoms with Crippen molar-refractivity contribution in [3.8, 4) is 5.69 Å². The van der Waals surface area contributed by atoms with Crippen LogP contribution in [-0.4, -0.2) is 9.55 Å². The van der Waals surface area contributed by atoms with Crippen LogP contribution in [0, 0.1) is 13.8 Å². The zero-order chi connectivity index (χ0) is 9.26. The van der Waals surface area contributed by atoms with Gasteiger partial charge in [-0.05, 0) is 37.1 Å². The van der Waals surface area contributed by atoms with E-state index in [-0.39, 0.29) is 0 Å². The summed E-state index contributed by atoms with van der Waals surface area (Å²) >= 11 is 0. The summed E-state index contributed by atoms with van der Waals surface area (Å²) in [7, 11) is 0. The minimum absolute atomic E-state index is 1.18. The van der Waals surface area contributed by atoms with Gasteiger partial charge >= 0.3 is 0 Å². The summed E-state index contributed by atoms with van der Waals surface area (Å²) in [4.78, 5) is 4.02. The van der Waals surface area contributed by atoms with Crippen LogP contribution in [0.15, 0.2) is 36.9 Å². The monoisotopic (exact) mass is 172 g/mol. The number of benzene rings is 1. The van der Waals surface area contributed by atoms with E-state index in [4.69, 9.17) is 0 Å². The molecule has 13 heavy (non-hydrogen) atoms. The average molecular weight is 172 g/mol. The summed E-state index contributed by atoms with van der Waals surface area (Å²) in [6.07, 6.45) is 5.56. The molecular formula is C11H12N2. The molecule has 0 amide bonds. The van der Waals surface area contributed by atoms with Gasteiger partial charge in [-0.2, -0.15) is 0 Å². The summed E-state index contributed by atoms with van der Waals surface area (Å²) in [6, 6.07) is 6.46. The van der Waals surface area contributed by atoms with Gasteiger partial charge in [0.2, 0.25) is 0 Å². The first-order valence-electron chi connectivity index (χ1n) is 4.32. The summed E-state index contributed by atoms with van der Waals surface area (Å²) in [5, 5.41) is 0. The number of aryl methyl sites for hydroxylation is 2. The maximum absolute atomic E-state index is 4.02. The van der Waals surface area contributed by atoms with Crippen LogP contribution in [0.25, 0.3) is 5.69 Å². The molecule has 0 unspecified atom stereocenters. The van der Waals surface area contributed by atoms with Crippen LogP contribution < -0.4 is 0 Å². The SMILES string of the molecule is Cc1cc(C)cc(-n2ccnc2)c1. The highest BCUT2D eigenvalue weighted by Crippen LogP contribution is 2.12. The largest absolute Gasteiger partial charge is 0.306 e. The molecule has 2 heteroatoms. The van der Waals surface area contributed by atoms with Crippen LogP contribution in [0.5, 0.6) is 0 Å². The van der Waals surface area contributed by atoms with E-state index < -0.39 is 0 Å². The van der Waals surface area contributed by atoms with Gasteiger partial charge in [0.15, 0.2) is 0 Å². The topological polar surface area (TPSA) is 17.8 Å². The maximum atomic E-state index is 4.02. The Kier molecular flexibility index (Phi) is 1.89. The first-order chi connectivity index (χ1) is 6.25. The van der Waals surface area contributed by atoms with Crippen molar-refractivity contribution < 1.29 is 0 Å². The second-order valence-electron chi connectivity index (χ2n) is 3.32. The molecule has 0 radical (unpaired) electrons. The molecule has 66 valence electrons. The van der Waals surface area contributed by atoms with Crippen LogP contribution >= 0.6 is 0 Å². The highest BCUT2D eigenvalue weighted by molar-refractivity contribution is 5.39. The molecular weight excluding hydrogens is 160 g/mol. The van der Waals surface area contributed by atoms with Crippen molar-refractivity contribution >= 4 is 0 Å². The fourth-order valence-corrected chi connectivity index (χ4v) is 1.51. The van der Waals surface area contributed by atoms with E-state index in [1.165, 1.54) is 16.8 Å². The van der Waals surface area contributed by atoms with Crippen LogP contribution in [-0.2, 0) is 0 Å². The summed E-state index contributed by atoms with van der Waals surface area (Å²) < 4.78 is 2.01. The summed E-state index contributed by atoms with van der Waals surface area (Å²) in [5.74, 6) is 0. The lowest BCUT2D eigenvalue weighted by Gasteiger charge is -2.04. The zero-order valence-corrected chi connectivity index (χ0v) is 7.86. The number of rotatable bonds is 1. The van der Waals surface area contributed by atoms with Gasteiger partial charge in [0.1, 0.15) is 0 Å². The Labute approximate surface area is 77.9 Å². The maximum Gasteiger partial charge on any atom is 0.0991 e. The first kappa shape index (κ1) is 8.05. The standard InChI is InChI=1S/C11H12N2/c1-9-5-10(2)7-11(6-9)13-4-3-12-8-13/h3-8H,1-2H3. The predicted molar refractivity (Wildman–Crippen MR) is 53.0 cm³/mol. The molecule has 0 N–H and O–H groups in total. The lowest BCUT2D eigenvalue weighted by Crippen LogP contribution is -1.91. The Morgan fingerprint density at radius 1 is 1.08 bits per heavy atom. The van der Waals surface area contributed by atoms with Crippen molar-refractivity contribution in [2.45, 2.75) is 13.8 Å². The van der Waals surface area contributed by atoms with Crippen molar-refractivity contribution in [1.82, 2.24) is 9.55 Å². The van der Waals surface area contributed by atoms with Gasteiger partial charge in [0.25, 0.3) is 0 Å². The van der Waals surface area contributed by atoms with Crippen molar-refractivity contribution in [2.24, 2.45) is 0 Å². The molecule has 0 atom stereocenters. The molecule has 2 nitrogen and oxygen atoms in total. The molecule has 0 bridgehead atoms. The third kappa shape index (κ3) is 1.61. The van der Waals surface area contributed by atoms with Crippen LogP contribution in [0.4, 0.5) is 0 Å². The molecule has 0 aliphatic carbocycles. The van der Waals surface area contributed by atoms with E-state index in [0.717, 1.165) is 0 Å². The molecule has 2 aromatic rings. The highest BCUT2D eigenvalue weighted by atomic mass is 15.0. The lowest BCUT2D eigenvalue weighted by atomic mass is 10.1. The third-order valence-electron chi connectivity index (χ3n) is 2.01. The van der Waals surface area contributed by atoms with E-state index in [9.17, 15) is 0 Å². The van der Waals surface area contributed by atoms with E-state index >= 15 is 0 Å². The van der Waals surface area contributed by atoms with Gasteiger partial charge in [-0.25, -0.2) is 4.98 Å².